The van der Waals surface area contributed by atoms with Crippen LogP contribution in [0.2, 0.25) is 0 Å². The highest BCUT2D eigenvalue weighted by atomic mass is 35.5. The Kier molecular flexibility index (Phi) is 7.74. The van der Waals surface area contributed by atoms with Gasteiger partial charge in [0.15, 0.2) is 0 Å². The number of aromatic nitrogens is 2. The van der Waals surface area contributed by atoms with Gasteiger partial charge in [0, 0.05) is 44.2 Å². The summed E-state index contributed by atoms with van der Waals surface area (Å²) < 4.78 is 38.0. The number of hydrogen-bond acceptors (Lipinski definition) is 10. The fourth-order valence-electron chi connectivity index (χ4n) is 4.50. The standard InChI is InChI=1S/C22H30N6O6S.ClH/c1-2-14-12-22(14,20(30)27-35(31,32)16-3-4-16)26-19(29)17-11-15(13-24-17)34-18-5-6-23-21(25-18)28-7-9-33-10-8-28;/h2,5-6,14-17,24H,1,3-4,7-13H2,(H,26,29)(H,27,30);1H. The van der Waals surface area contributed by atoms with E-state index in [1.165, 1.54) is 0 Å². The molecule has 1 aromatic heterocycles. The monoisotopic (exact) mass is 542 g/mol. The molecule has 5 rings (SSSR count). The number of halogens is 1. The fourth-order valence-corrected chi connectivity index (χ4v) is 5.86. The van der Waals surface area contributed by atoms with Gasteiger partial charge >= 0.3 is 0 Å². The minimum Gasteiger partial charge on any atom is -0.473 e. The van der Waals surface area contributed by atoms with Crippen LogP contribution in [0, 0.1) is 5.92 Å². The molecule has 12 nitrogen and oxygen atoms in total. The summed E-state index contributed by atoms with van der Waals surface area (Å²) in [5.74, 6) is -0.413. The van der Waals surface area contributed by atoms with Crippen molar-refractivity contribution in [1.82, 2.24) is 25.3 Å². The molecule has 3 N–H and O–H groups in total. The van der Waals surface area contributed by atoms with Crippen molar-refractivity contribution in [3.8, 4) is 5.88 Å². The number of sulfonamides is 1. The highest BCUT2D eigenvalue weighted by Crippen LogP contribution is 2.45. The minimum atomic E-state index is -3.71. The zero-order chi connectivity index (χ0) is 24.6. The van der Waals surface area contributed by atoms with E-state index in [1.807, 2.05) is 4.90 Å². The van der Waals surface area contributed by atoms with Crippen molar-refractivity contribution in [2.45, 2.75) is 48.6 Å². The number of carbonyl (C=O) groups is 2. The molecule has 0 bridgehead atoms. The zero-order valence-electron chi connectivity index (χ0n) is 19.7. The molecule has 198 valence electrons. The summed E-state index contributed by atoms with van der Waals surface area (Å²) in [6.07, 6.45) is 4.68. The first-order valence-corrected chi connectivity index (χ1v) is 13.4. The second-order valence-corrected chi connectivity index (χ2v) is 11.4. The number of morpholine rings is 1. The van der Waals surface area contributed by atoms with Crippen molar-refractivity contribution in [3.63, 3.8) is 0 Å². The molecule has 4 unspecified atom stereocenters. The topological polar surface area (TPSA) is 152 Å². The summed E-state index contributed by atoms with van der Waals surface area (Å²) in [6, 6.07) is 1.09. The SMILES string of the molecule is C=CC1CC1(NC(=O)C1CC(Oc2ccnc(N3CCOCC3)n2)CN1)C(=O)NS(=O)(=O)C1CC1.Cl. The van der Waals surface area contributed by atoms with E-state index in [2.05, 4.69) is 31.9 Å². The molecule has 2 amide bonds. The highest BCUT2D eigenvalue weighted by molar-refractivity contribution is 7.91. The predicted molar refractivity (Wildman–Crippen MR) is 132 cm³/mol. The van der Waals surface area contributed by atoms with E-state index in [-0.39, 0.29) is 30.3 Å². The zero-order valence-corrected chi connectivity index (χ0v) is 21.4. The number of amides is 2. The maximum atomic E-state index is 13.0. The third kappa shape index (κ3) is 5.58. The molecule has 0 aromatic carbocycles. The van der Waals surface area contributed by atoms with Crippen LogP contribution in [0.4, 0.5) is 5.95 Å². The van der Waals surface area contributed by atoms with Gasteiger partial charge in [-0.2, -0.15) is 4.98 Å². The van der Waals surface area contributed by atoms with Gasteiger partial charge in [0.1, 0.15) is 11.6 Å². The molecular weight excluding hydrogens is 512 g/mol. The summed E-state index contributed by atoms with van der Waals surface area (Å²) in [5.41, 5.74) is -1.29. The molecule has 2 aliphatic carbocycles. The van der Waals surface area contributed by atoms with Gasteiger partial charge in [-0.1, -0.05) is 6.08 Å². The Morgan fingerprint density at radius 2 is 2.06 bits per heavy atom. The lowest BCUT2D eigenvalue weighted by Crippen LogP contribution is -2.55. The van der Waals surface area contributed by atoms with Crippen LogP contribution in [0.15, 0.2) is 24.9 Å². The van der Waals surface area contributed by atoms with Crippen molar-refractivity contribution >= 4 is 40.2 Å². The van der Waals surface area contributed by atoms with E-state index in [0.717, 1.165) is 0 Å². The average Bonchev–Trinajstić information content (AvgIpc) is 3.77. The Hall–Kier alpha value is -2.48. The molecule has 2 saturated carbocycles. The third-order valence-corrected chi connectivity index (χ3v) is 8.67. The average molecular weight is 543 g/mol. The second kappa shape index (κ2) is 10.5. The van der Waals surface area contributed by atoms with Crippen LogP contribution in [0.25, 0.3) is 0 Å². The van der Waals surface area contributed by atoms with Crippen LogP contribution in [-0.4, -0.2) is 86.0 Å². The molecular formula is C22H31ClN6O6S. The molecule has 4 aliphatic rings. The van der Waals surface area contributed by atoms with Gasteiger partial charge in [0.2, 0.25) is 27.8 Å². The van der Waals surface area contributed by atoms with Crippen molar-refractivity contribution in [2.24, 2.45) is 5.92 Å². The van der Waals surface area contributed by atoms with Crippen LogP contribution in [0.3, 0.4) is 0 Å². The molecule has 2 aliphatic heterocycles. The highest BCUT2D eigenvalue weighted by Gasteiger charge is 2.61. The smallest absolute Gasteiger partial charge is 0.259 e. The van der Waals surface area contributed by atoms with E-state index in [1.54, 1.807) is 18.3 Å². The van der Waals surface area contributed by atoms with E-state index in [9.17, 15) is 18.0 Å². The van der Waals surface area contributed by atoms with E-state index < -0.39 is 32.8 Å². The predicted octanol–water partition coefficient (Wildman–Crippen LogP) is -0.486. The summed E-state index contributed by atoms with van der Waals surface area (Å²) >= 11 is 0. The lowest BCUT2D eigenvalue weighted by Gasteiger charge is -2.26. The van der Waals surface area contributed by atoms with Crippen molar-refractivity contribution in [1.29, 1.82) is 0 Å². The molecule has 0 spiro atoms. The number of carbonyl (C=O) groups excluding carboxylic acids is 2. The molecule has 4 atom stereocenters. The van der Waals surface area contributed by atoms with Crippen LogP contribution >= 0.6 is 12.4 Å². The molecule has 36 heavy (non-hydrogen) atoms. The Morgan fingerprint density at radius 3 is 2.72 bits per heavy atom. The van der Waals surface area contributed by atoms with Crippen molar-refractivity contribution in [3.05, 3.63) is 24.9 Å². The number of ether oxygens (including phenoxy) is 2. The first kappa shape index (κ1) is 26.6. The third-order valence-electron chi connectivity index (χ3n) is 6.85. The number of nitrogens with zero attached hydrogens (tertiary/aromatic N) is 3. The van der Waals surface area contributed by atoms with Crippen LogP contribution in [-0.2, 0) is 24.3 Å². The van der Waals surface area contributed by atoms with Gasteiger partial charge in [-0.15, -0.1) is 19.0 Å². The first-order valence-electron chi connectivity index (χ1n) is 11.9. The number of hydrogen-bond donors (Lipinski definition) is 3. The summed E-state index contributed by atoms with van der Waals surface area (Å²) in [7, 11) is -3.71. The van der Waals surface area contributed by atoms with Crippen molar-refractivity contribution in [2.75, 3.05) is 37.7 Å². The van der Waals surface area contributed by atoms with Crippen LogP contribution in [0.5, 0.6) is 5.88 Å². The van der Waals surface area contributed by atoms with Crippen molar-refractivity contribution < 1.29 is 27.5 Å². The second-order valence-electron chi connectivity index (χ2n) is 9.41. The van der Waals surface area contributed by atoms with Gasteiger partial charge in [-0.3, -0.25) is 14.3 Å². The molecule has 0 radical (unpaired) electrons. The van der Waals surface area contributed by atoms with Crippen LogP contribution < -0.4 is 25.0 Å². The number of rotatable bonds is 9. The Labute approximate surface area is 216 Å². The lowest BCUT2D eigenvalue weighted by molar-refractivity contribution is -0.130. The number of nitrogens with one attached hydrogen (secondary N) is 3. The Morgan fingerprint density at radius 1 is 1.31 bits per heavy atom. The fraction of sp³-hybridized carbons (Fsp3) is 0.636. The van der Waals surface area contributed by atoms with Gasteiger partial charge in [0.25, 0.3) is 5.91 Å². The number of anilines is 1. The van der Waals surface area contributed by atoms with Gasteiger partial charge in [-0.05, 0) is 19.3 Å². The largest absolute Gasteiger partial charge is 0.473 e. The lowest BCUT2D eigenvalue weighted by atomic mass is 10.1. The Bertz CT molecular complexity index is 1110. The quantitative estimate of drug-likeness (QED) is 0.349. The van der Waals surface area contributed by atoms with Crippen LogP contribution in [0.1, 0.15) is 25.7 Å². The molecule has 3 heterocycles. The maximum Gasteiger partial charge on any atom is 0.259 e. The molecule has 1 aromatic rings. The van der Waals surface area contributed by atoms with Gasteiger partial charge < -0.3 is 25.0 Å². The minimum absolute atomic E-state index is 0. The Balaban J connectivity index is 0.00000304. The first-order chi connectivity index (χ1) is 16.8. The summed E-state index contributed by atoms with van der Waals surface area (Å²) in [5, 5.41) is 5.37. The van der Waals surface area contributed by atoms with Gasteiger partial charge in [-0.25, -0.2) is 13.4 Å². The maximum absolute atomic E-state index is 13.0. The molecule has 2 saturated heterocycles. The van der Waals surface area contributed by atoms with E-state index in [4.69, 9.17) is 9.47 Å². The summed E-state index contributed by atoms with van der Waals surface area (Å²) in [4.78, 5) is 36.7. The molecule has 14 heteroatoms. The van der Waals surface area contributed by atoms with E-state index >= 15 is 0 Å². The molecule has 4 fully saturated rings. The summed E-state index contributed by atoms with van der Waals surface area (Å²) in [6.45, 7) is 6.79. The van der Waals surface area contributed by atoms with Gasteiger partial charge in [0.05, 0.1) is 24.5 Å². The normalized spacial score (nSPS) is 29.6. The van der Waals surface area contributed by atoms with E-state index in [0.29, 0.717) is 70.4 Å².